The van der Waals surface area contributed by atoms with Crippen molar-refractivity contribution in [3.63, 3.8) is 0 Å². The number of carbonyl (C=O) groups excluding carboxylic acids is 2. The first-order valence-electron chi connectivity index (χ1n) is 10.3. The van der Waals surface area contributed by atoms with Crippen LogP contribution < -0.4 is 19.7 Å². The molecule has 0 saturated carbocycles. The number of imide groups is 1. The lowest BCUT2D eigenvalue weighted by Crippen LogP contribution is -2.32. The van der Waals surface area contributed by atoms with Crippen molar-refractivity contribution in [2.45, 2.75) is 13.8 Å². The van der Waals surface area contributed by atoms with Crippen LogP contribution in [0.5, 0.6) is 11.5 Å². The summed E-state index contributed by atoms with van der Waals surface area (Å²) in [6.07, 6.45) is 0. The Morgan fingerprint density at radius 3 is 2.21 bits per heavy atom. The van der Waals surface area contributed by atoms with E-state index in [1.54, 1.807) is 49.6 Å². The van der Waals surface area contributed by atoms with Crippen LogP contribution in [0.1, 0.15) is 16.7 Å². The van der Waals surface area contributed by atoms with Gasteiger partial charge < -0.3 is 14.8 Å². The zero-order valence-electron chi connectivity index (χ0n) is 18.7. The van der Waals surface area contributed by atoms with Crippen LogP contribution in [-0.4, -0.2) is 26.0 Å². The third kappa shape index (κ3) is 4.17. The molecule has 0 unspecified atom stereocenters. The molecule has 0 spiro atoms. The molecule has 0 aromatic heterocycles. The van der Waals surface area contributed by atoms with Crippen LogP contribution in [0.15, 0.2) is 66.4 Å². The van der Waals surface area contributed by atoms with Crippen LogP contribution in [0.2, 0.25) is 5.02 Å². The second-order valence-electron chi connectivity index (χ2n) is 7.68. The number of amides is 2. The Balaban J connectivity index is 1.86. The first kappa shape index (κ1) is 22.4. The summed E-state index contributed by atoms with van der Waals surface area (Å²) in [5.41, 5.74) is 4.09. The summed E-state index contributed by atoms with van der Waals surface area (Å²) in [5.74, 6) is 0.212. The smallest absolute Gasteiger partial charge is 0.282 e. The number of methoxy groups -OCH3 is 2. The van der Waals surface area contributed by atoms with E-state index in [2.05, 4.69) is 5.32 Å². The molecule has 3 aromatic rings. The molecule has 1 aliphatic heterocycles. The van der Waals surface area contributed by atoms with Crippen molar-refractivity contribution in [2.75, 3.05) is 24.4 Å². The summed E-state index contributed by atoms with van der Waals surface area (Å²) >= 11 is 6.01. The Bertz CT molecular complexity index is 1280. The number of carbonyl (C=O) groups is 2. The van der Waals surface area contributed by atoms with E-state index in [0.717, 1.165) is 16.0 Å². The van der Waals surface area contributed by atoms with E-state index in [-0.39, 0.29) is 5.70 Å². The van der Waals surface area contributed by atoms with E-state index in [9.17, 15) is 9.59 Å². The summed E-state index contributed by atoms with van der Waals surface area (Å²) in [5, 5.41) is 3.67. The van der Waals surface area contributed by atoms with Gasteiger partial charge in [0.15, 0.2) is 0 Å². The highest BCUT2D eigenvalue weighted by Crippen LogP contribution is 2.38. The van der Waals surface area contributed by atoms with Gasteiger partial charge in [-0.3, -0.25) is 9.59 Å². The van der Waals surface area contributed by atoms with Crippen LogP contribution >= 0.6 is 11.6 Å². The second kappa shape index (κ2) is 9.00. The molecule has 0 saturated heterocycles. The van der Waals surface area contributed by atoms with Crippen molar-refractivity contribution in [1.29, 1.82) is 0 Å². The van der Waals surface area contributed by atoms with Crippen molar-refractivity contribution in [3.05, 3.63) is 88.1 Å². The monoisotopic (exact) mass is 462 g/mol. The third-order valence-electron chi connectivity index (χ3n) is 5.49. The first-order chi connectivity index (χ1) is 15.8. The molecular weight excluding hydrogens is 440 g/mol. The number of hydrogen-bond donors (Lipinski definition) is 1. The first-order valence-corrected chi connectivity index (χ1v) is 10.7. The van der Waals surface area contributed by atoms with Crippen LogP contribution in [0.4, 0.5) is 11.4 Å². The predicted octanol–water partition coefficient (Wildman–Crippen LogP) is 5.37. The number of halogens is 1. The van der Waals surface area contributed by atoms with Crippen LogP contribution in [0, 0.1) is 13.8 Å². The quantitative estimate of drug-likeness (QED) is 0.499. The molecule has 0 fully saturated rings. The molecule has 168 valence electrons. The fourth-order valence-corrected chi connectivity index (χ4v) is 3.98. The molecule has 2 amide bonds. The van der Waals surface area contributed by atoms with Gasteiger partial charge in [0.25, 0.3) is 11.8 Å². The molecule has 0 aliphatic carbocycles. The molecule has 33 heavy (non-hydrogen) atoms. The third-order valence-corrected chi connectivity index (χ3v) is 5.74. The van der Waals surface area contributed by atoms with Gasteiger partial charge in [-0.2, -0.15) is 0 Å². The van der Waals surface area contributed by atoms with Gasteiger partial charge in [-0.05, 0) is 61.4 Å². The number of benzene rings is 3. The zero-order chi connectivity index (χ0) is 23.7. The van der Waals surface area contributed by atoms with Crippen molar-refractivity contribution < 1.29 is 19.1 Å². The molecule has 6 nitrogen and oxygen atoms in total. The van der Waals surface area contributed by atoms with Gasteiger partial charge >= 0.3 is 0 Å². The number of anilines is 2. The average Bonchev–Trinajstić information content (AvgIpc) is 3.04. The average molecular weight is 463 g/mol. The van der Waals surface area contributed by atoms with Gasteiger partial charge in [0.2, 0.25) is 0 Å². The van der Waals surface area contributed by atoms with E-state index in [4.69, 9.17) is 21.1 Å². The standard InChI is InChI=1S/C26H23ClN2O4/c1-15-5-11-20(16(2)13-15)23-24(28-21-12-10-19(32-3)14-22(21)33-4)26(31)29(25(23)30)18-8-6-17(27)7-9-18/h5-14,28H,1-4H3. The van der Waals surface area contributed by atoms with Crippen molar-refractivity contribution in [3.8, 4) is 11.5 Å². The molecule has 7 heteroatoms. The molecule has 1 heterocycles. The van der Waals surface area contributed by atoms with Crippen LogP contribution in [0.3, 0.4) is 0 Å². The Hall–Kier alpha value is -3.77. The van der Waals surface area contributed by atoms with E-state index < -0.39 is 11.8 Å². The number of aryl methyl sites for hydroxylation is 2. The molecular formula is C26H23ClN2O4. The fraction of sp³-hybridized carbons (Fsp3) is 0.154. The summed E-state index contributed by atoms with van der Waals surface area (Å²) in [7, 11) is 3.09. The highest BCUT2D eigenvalue weighted by molar-refractivity contribution is 6.46. The number of hydrogen-bond acceptors (Lipinski definition) is 5. The molecule has 1 N–H and O–H groups in total. The Morgan fingerprint density at radius 2 is 1.58 bits per heavy atom. The molecule has 3 aromatic carbocycles. The van der Waals surface area contributed by atoms with Gasteiger partial charge in [-0.1, -0.05) is 35.4 Å². The maximum absolute atomic E-state index is 13.6. The zero-order valence-corrected chi connectivity index (χ0v) is 19.5. The predicted molar refractivity (Wildman–Crippen MR) is 130 cm³/mol. The number of ether oxygens (including phenoxy) is 2. The van der Waals surface area contributed by atoms with Crippen LogP contribution in [0.25, 0.3) is 5.57 Å². The fourth-order valence-electron chi connectivity index (χ4n) is 3.85. The number of nitrogens with one attached hydrogen (secondary N) is 1. The summed E-state index contributed by atoms with van der Waals surface area (Å²) in [4.78, 5) is 28.4. The van der Waals surface area contributed by atoms with Gasteiger partial charge in [0, 0.05) is 11.1 Å². The molecule has 0 radical (unpaired) electrons. The van der Waals surface area contributed by atoms with Crippen molar-refractivity contribution in [2.24, 2.45) is 0 Å². The second-order valence-corrected chi connectivity index (χ2v) is 8.12. The number of rotatable bonds is 6. The Kier molecular flexibility index (Phi) is 6.11. The maximum Gasteiger partial charge on any atom is 0.282 e. The minimum Gasteiger partial charge on any atom is -0.497 e. The van der Waals surface area contributed by atoms with Crippen molar-refractivity contribution >= 4 is 40.4 Å². The lowest BCUT2D eigenvalue weighted by Gasteiger charge is -2.16. The summed E-state index contributed by atoms with van der Waals surface area (Å²) in [6.45, 7) is 3.90. The Morgan fingerprint density at radius 1 is 0.848 bits per heavy atom. The minimum absolute atomic E-state index is 0.172. The minimum atomic E-state index is -0.463. The summed E-state index contributed by atoms with van der Waals surface area (Å²) in [6, 6.07) is 17.6. The lowest BCUT2D eigenvalue weighted by molar-refractivity contribution is -0.120. The number of nitrogens with zero attached hydrogens (tertiary/aromatic N) is 1. The lowest BCUT2D eigenvalue weighted by atomic mass is 9.97. The van der Waals surface area contributed by atoms with E-state index >= 15 is 0 Å². The van der Waals surface area contributed by atoms with Gasteiger partial charge in [0.1, 0.15) is 17.2 Å². The highest BCUT2D eigenvalue weighted by atomic mass is 35.5. The Labute approximate surface area is 197 Å². The normalized spacial score (nSPS) is 13.5. The molecule has 4 rings (SSSR count). The highest BCUT2D eigenvalue weighted by Gasteiger charge is 2.41. The SMILES string of the molecule is COc1ccc(NC2=C(c3ccc(C)cc3C)C(=O)N(c3ccc(Cl)cc3)C2=O)c(OC)c1. The van der Waals surface area contributed by atoms with E-state index in [0.29, 0.717) is 39.0 Å². The van der Waals surface area contributed by atoms with Gasteiger partial charge in [0.05, 0.1) is 31.2 Å². The van der Waals surface area contributed by atoms with Crippen molar-refractivity contribution in [1.82, 2.24) is 0 Å². The van der Waals surface area contributed by atoms with Crippen LogP contribution in [-0.2, 0) is 9.59 Å². The molecule has 1 aliphatic rings. The molecule has 0 bridgehead atoms. The summed E-state index contributed by atoms with van der Waals surface area (Å²) < 4.78 is 10.7. The van der Waals surface area contributed by atoms with E-state index in [1.807, 2.05) is 32.0 Å². The molecule has 0 atom stereocenters. The largest absolute Gasteiger partial charge is 0.497 e. The topological polar surface area (TPSA) is 67.9 Å². The van der Waals surface area contributed by atoms with Gasteiger partial charge in [-0.15, -0.1) is 0 Å². The maximum atomic E-state index is 13.6. The van der Waals surface area contributed by atoms with E-state index in [1.165, 1.54) is 7.11 Å². The van der Waals surface area contributed by atoms with Gasteiger partial charge in [-0.25, -0.2) is 4.90 Å².